The molecule has 1 amide bonds. The van der Waals surface area contributed by atoms with Crippen LogP contribution in [-0.4, -0.2) is 30.2 Å². The van der Waals surface area contributed by atoms with Gasteiger partial charge in [0.25, 0.3) is 0 Å². The lowest BCUT2D eigenvalue weighted by molar-refractivity contribution is -0.126. The van der Waals surface area contributed by atoms with E-state index in [9.17, 15) is 18.4 Å². The van der Waals surface area contributed by atoms with Gasteiger partial charge in [-0.05, 0) is 55.1 Å². The number of hydrogen-bond acceptors (Lipinski definition) is 4. The van der Waals surface area contributed by atoms with Gasteiger partial charge in [-0.2, -0.15) is 0 Å². The molecule has 7 heteroatoms. The Bertz CT molecular complexity index is 1140. The molecular weight excluding hydrogens is 390 g/mol. The van der Waals surface area contributed by atoms with Crippen LogP contribution in [0.5, 0.6) is 0 Å². The number of anilines is 1. The molecule has 1 saturated heterocycles. The van der Waals surface area contributed by atoms with Gasteiger partial charge in [-0.15, -0.1) is 0 Å². The summed E-state index contributed by atoms with van der Waals surface area (Å²) in [5.74, 6) is -2.81. The molecule has 2 aromatic carbocycles. The van der Waals surface area contributed by atoms with E-state index in [0.717, 1.165) is 5.56 Å². The van der Waals surface area contributed by atoms with Crippen molar-refractivity contribution in [2.24, 2.45) is 5.92 Å². The molecule has 1 spiro atoms. The van der Waals surface area contributed by atoms with Crippen LogP contribution in [0.2, 0.25) is 0 Å². The van der Waals surface area contributed by atoms with Crippen molar-refractivity contribution in [2.75, 3.05) is 18.9 Å². The average molecular weight is 408 g/mol. The van der Waals surface area contributed by atoms with Crippen molar-refractivity contribution < 1.29 is 22.8 Å². The molecule has 30 heavy (non-hydrogen) atoms. The highest BCUT2D eigenvalue weighted by atomic mass is 19.1. The summed E-state index contributed by atoms with van der Waals surface area (Å²) >= 11 is 0. The van der Waals surface area contributed by atoms with E-state index in [0.29, 0.717) is 17.8 Å². The fourth-order valence-electron chi connectivity index (χ4n) is 4.99. The molecule has 5 nitrogen and oxygen atoms in total. The molecule has 152 valence electrons. The number of hydrogen-bond donors (Lipinski definition) is 1. The third-order valence-corrected chi connectivity index (χ3v) is 6.26. The van der Waals surface area contributed by atoms with Crippen LogP contribution in [0, 0.1) is 17.6 Å². The van der Waals surface area contributed by atoms with Crippen LogP contribution in [0.4, 0.5) is 14.5 Å². The van der Waals surface area contributed by atoms with E-state index in [4.69, 9.17) is 4.42 Å². The van der Waals surface area contributed by atoms with E-state index in [1.807, 2.05) is 0 Å². The minimum atomic E-state index is -1.40. The molecule has 0 bridgehead atoms. The Hall–Kier alpha value is -3.32. The van der Waals surface area contributed by atoms with Gasteiger partial charge >= 0.3 is 0 Å². The van der Waals surface area contributed by atoms with E-state index in [-0.39, 0.29) is 23.3 Å². The van der Waals surface area contributed by atoms with Gasteiger partial charge in [-0.1, -0.05) is 12.1 Å². The first-order valence-corrected chi connectivity index (χ1v) is 9.59. The average Bonchev–Trinajstić information content (AvgIpc) is 3.42. The van der Waals surface area contributed by atoms with Gasteiger partial charge in [0.1, 0.15) is 17.2 Å². The number of rotatable bonds is 3. The predicted octanol–water partition coefficient (Wildman–Crippen LogP) is 3.93. The van der Waals surface area contributed by atoms with Gasteiger partial charge in [0.05, 0.1) is 12.2 Å². The lowest BCUT2D eigenvalue weighted by atomic mass is 9.71. The van der Waals surface area contributed by atoms with Crippen LogP contribution in [0.15, 0.2) is 65.3 Å². The molecule has 2 aliphatic heterocycles. The number of ketones is 1. The smallest absolute Gasteiger partial charge is 0.250 e. The second kappa shape index (κ2) is 6.60. The summed E-state index contributed by atoms with van der Waals surface area (Å²) in [7, 11) is 1.74. The van der Waals surface area contributed by atoms with E-state index in [1.54, 1.807) is 36.2 Å². The van der Waals surface area contributed by atoms with Crippen LogP contribution >= 0.6 is 0 Å². The maximum atomic E-state index is 14.2. The molecule has 0 aliphatic carbocycles. The molecule has 0 unspecified atom stereocenters. The molecular formula is C23H18F2N2O3. The zero-order chi connectivity index (χ0) is 21.0. The predicted molar refractivity (Wildman–Crippen MR) is 105 cm³/mol. The van der Waals surface area contributed by atoms with Crippen molar-refractivity contribution >= 4 is 17.4 Å². The normalized spacial score (nSPS) is 25.5. The Morgan fingerprint density at radius 1 is 1.13 bits per heavy atom. The minimum absolute atomic E-state index is 0.124. The summed E-state index contributed by atoms with van der Waals surface area (Å²) < 4.78 is 33.1. The van der Waals surface area contributed by atoms with Gasteiger partial charge in [-0.25, -0.2) is 8.78 Å². The summed E-state index contributed by atoms with van der Waals surface area (Å²) in [6.45, 7) is 0.353. The summed E-state index contributed by atoms with van der Waals surface area (Å²) in [6, 6.07) is 13.1. The number of carbonyl (C=O) groups is 2. The number of nitrogens with zero attached hydrogens (tertiary/aromatic N) is 1. The molecule has 5 rings (SSSR count). The first-order chi connectivity index (χ1) is 14.4. The van der Waals surface area contributed by atoms with Crippen LogP contribution < -0.4 is 5.32 Å². The molecule has 0 saturated carbocycles. The number of furan rings is 1. The molecule has 3 heterocycles. The maximum absolute atomic E-state index is 14.2. The van der Waals surface area contributed by atoms with Crippen LogP contribution in [0.3, 0.4) is 0 Å². The van der Waals surface area contributed by atoms with Crippen molar-refractivity contribution in [3.05, 3.63) is 89.4 Å². The zero-order valence-corrected chi connectivity index (χ0v) is 16.1. The summed E-state index contributed by atoms with van der Waals surface area (Å²) in [6.07, 6.45) is 1.40. The fourth-order valence-corrected chi connectivity index (χ4v) is 4.99. The molecule has 2 aliphatic rings. The number of carbonyl (C=O) groups excluding carboxylic acids is 2. The number of nitrogens with one attached hydrogen (secondary N) is 1. The van der Waals surface area contributed by atoms with Crippen LogP contribution in [0.1, 0.15) is 27.6 Å². The highest BCUT2D eigenvalue weighted by Gasteiger charge is 2.64. The Kier molecular flexibility index (Phi) is 4.11. The number of likely N-dealkylation sites (tertiary alicyclic amines) is 1. The standard InChI is InChI=1S/C23H18F2N2O3/c1-27-12-16(13-4-6-14(24)7-5-13)20(21(28)19-3-2-10-30-19)23(27)17-11-15(25)8-9-18(17)26-22(23)29/h2-11,16,20H,12H2,1H3,(H,26,29)/t16-,20+,23+/m1/s1. The van der Waals surface area contributed by atoms with Gasteiger partial charge < -0.3 is 9.73 Å². The number of Topliss-reactive ketones (excluding diaryl/α,β-unsaturated/α-hetero) is 1. The number of benzene rings is 2. The SMILES string of the molecule is CN1C[C@H](c2ccc(F)cc2)[C@@H](C(=O)c2ccco2)[C@@]12C(=O)Nc1ccc(F)cc12. The summed E-state index contributed by atoms with van der Waals surface area (Å²) in [4.78, 5) is 28.8. The Morgan fingerprint density at radius 2 is 1.87 bits per heavy atom. The monoisotopic (exact) mass is 408 g/mol. The van der Waals surface area contributed by atoms with E-state index in [1.165, 1.54) is 36.6 Å². The molecule has 0 radical (unpaired) electrons. The Balaban J connectivity index is 1.74. The van der Waals surface area contributed by atoms with E-state index in [2.05, 4.69) is 5.32 Å². The van der Waals surface area contributed by atoms with Crippen LogP contribution in [-0.2, 0) is 10.3 Å². The third-order valence-electron chi connectivity index (χ3n) is 6.26. The molecule has 1 aromatic heterocycles. The first-order valence-electron chi connectivity index (χ1n) is 9.59. The number of amides is 1. The number of halogens is 2. The van der Waals surface area contributed by atoms with Gasteiger partial charge in [-0.3, -0.25) is 14.5 Å². The number of fused-ring (bicyclic) bond motifs is 2. The van der Waals surface area contributed by atoms with Crippen LogP contribution in [0.25, 0.3) is 0 Å². The van der Waals surface area contributed by atoms with Crippen molar-refractivity contribution in [1.29, 1.82) is 0 Å². The lowest BCUT2D eigenvalue weighted by Crippen LogP contribution is -2.51. The maximum Gasteiger partial charge on any atom is 0.250 e. The Labute approximate surface area is 171 Å². The molecule has 1 N–H and O–H groups in total. The third kappa shape index (κ3) is 2.48. The second-order valence-electron chi connectivity index (χ2n) is 7.77. The zero-order valence-electron chi connectivity index (χ0n) is 16.1. The molecule has 1 fully saturated rings. The molecule has 3 aromatic rings. The highest BCUT2D eigenvalue weighted by Crippen LogP contribution is 2.55. The minimum Gasteiger partial charge on any atom is -0.461 e. The first kappa shape index (κ1) is 18.7. The van der Waals surface area contributed by atoms with Crippen molar-refractivity contribution in [1.82, 2.24) is 4.90 Å². The summed E-state index contributed by atoms with van der Waals surface area (Å²) in [5.41, 5.74) is 0.220. The van der Waals surface area contributed by atoms with Gasteiger partial charge in [0.15, 0.2) is 5.76 Å². The second-order valence-corrected chi connectivity index (χ2v) is 7.77. The Morgan fingerprint density at radius 3 is 2.57 bits per heavy atom. The lowest BCUT2D eigenvalue weighted by Gasteiger charge is -2.35. The van der Waals surface area contributed by atoms with Gasteiger partial charge in [0.2, 0.25) is 11.7 Å². The summed E-state index contributed by atoms with van der Waals surface area (Å²) in [5, 5.41) is 2.81. The fraction of sp³-hybridized carbons (Fsp3) is 0.217. The van der Waals surface area contributed by atoms with Crippen molar-refractivity contribution in [3.8, 4) is 0 Å². The van der Waals surface area contributed by atoms with Gasteiger partial charge in [0, 0.05) is 23.7 Å². The van der Waals surface area contributed by atoms with Crippen molar-refractivity contribution in [2.45, 2.75) is 11.5 Å². The number of likely N-dealkylation sites (N-methyl/N-ethyl adjacent to an activating group) is 1. The topological polar surface area (TPSA) is 62.6 Å². The largest absolute Gasteiger partial charge is 0.461 e. The highest BCUT2D eigenvalue weighted by molar-refractivity contribution is 6.11. The molecule has 3 atom stereocenters. The van der Waals surface area contributed by atoms with E-state index < -0.39 is 23.2 Å². The quantitative estimate of drug-likeness (QED) is 0.667. The van der Waals surface area contributed by atoms with E-state index >= 15 is 0 Å². The van der Waals surface area contributed by atoms with Crippen molar-refractivity contribution in [3.63, 3.8) is 0 Å².